The van der Waals surface area contributed by atoms with E-state index < -0.39 is 5.82 Å². The Kier molecular flexibility index (Phi) is 8.24. The molecule has 1 aromatic rings. The highest BCUT2D eigenvalue weighted by atomic mass is 79.9. The Morgan fingerprint density at radius 1 is 1.32 bits per heavy atom. The second-order valence-corrected chi connectivity index (χ2v) is 5.12. The average molecular weight is 376 g/mol. The number of benzene rings is 1. The molecular weight excluding hydrogens is 358 g/mol. The van der Waals surface area contributed by atoms with Crippen molar-refractivity contribution in [2.75, 3.05) is 26.2 Å². The molecule has 1 aliphatic rings. The van der Waals surface area contributed by atoms with Crippen LogP contribution in [0.5, 0.6) is 5.75 Å². The summed E-state index contributed by atoms with van der Waals surface area (Å²) >= 11 is 3.07. The molecule has 2 N–H and O–H groups in total. The van der Waals surface area contributed by atoms with Crippen LogP contribution in [0.2, 0.25) is 0 Å². The third-order valence-electron chi connectivity index (χ3n) is 3.25. The highest BCUT2D eigenvalue weighted by Gasteiger charge is 2.22. The smallest absolute Gasteiger partial charge is 0.179 e. The number of nitrogens with one attached hydrogen (secondary N) is 1. The summed E-state index contributed by atoms with van der Waals surface area (Å²) in [5.41, 5.74) is 0.646. The van der Waals surface area contributed by atoms with Gasteiger partial charge in [-0.3, -0.25) is 4.90 Å². The SMILES string of the molecule is C[C@H](c1ccc(Br)c(F)c1O)N1CCNCC1.Cl.Cl. The molecule has 1 atom stereocenters. The summed E-state index contributed by atoms with van der Waals surface area (Å²) in [4.78, 5) is 2.24. The van der Waals surface area contributed by atoms with Crippen molar-refractivity contribution < 1.29 is 9.50 Å². The van der Waals surface area contributed by atoms with E-state index >= 15 is 0 Å². The van der Waals surface area contributed by atoms with Gasteiger partial charge in [-0.05, 0) is 28.9 Å². The predicted octanol–water partition coefficient (Wildman–Crippen LogP) is 3.10. The molecule has 7 heteroatoms. The molecule has 0 unspecified atom stereocenters. The van der Waals surface area contributed by atoms with Crippen molar-refractivity contribution in [1.29, 1.82) is 0 Å². The Morgan fingerprint density at radius 2 is 1.89 bits per heavy atom. The van der Waals surface area contributed by atoms with Gasteiger partial charge in [0.15, 0.2) is 11.6 Å². The maximum Gasteiger partial charge on any atom is 0.179 e. The van der Waals surface area contributed by atoms with E-state index in [4.69, 9.17) is 0 Å². The lowest BCUT2D eigenvalue weighted by molar-refractivity contribution is 0.182. The van der Waals surface area contributed by atoms with Crippen molar-refractivity contribution in [3.63, 3.8) is 0 Å². The van der Waals surface area contributed by atoms with Crippen LogP contribution in [0.15, 0.2) is 16.6 Å². The zero-order valence-corrected chi connectivity index (χ0v) is 13.7. The molecule has 0 radical (unpaired) electrons. The van der Waals surface area contributed by atoms with E-state index in [1.807, 2.05) is 6.92 Å². The number of piperazine rings is 1. The summed E-state index contributed by atoms with van der Waals surface area (Å²) in [7, 11) is 0. The topological polar surface area (TPSA) is 35.5 Å². The largest absolute Gasteiger partial charge is 0.505 e. The van der Waals surface area contributed by atoms with Gasteiger partial charge in [0.25, 0.3) is 0 Å². The van der Waals surface area contributed by atoms with Gasteiger partial charge in [-0.15, -0.1) is 24.8 Å². The van der Waals surface area contributed by atoms with Crippen LogP contribution in [0.3, 0.4) is 0 Å². The molecule has 1 aromatic carbocycles. The molecule has 0 aromatic heterocycles. The number of phenolic OH excluding ortho intramolecular Hbond substituents is 1. The van der Waals surface area contributed by atoms with Crippen LogP contribution in [-0.2, 0) is 0 Å². The maximum atomic E-state index is 13.6. The van der Waals surface area contributed by atoms with Crippen LogP contribution in [0.25, 0.3) is 0 Å². The van der Waals surface area contributed by atoms with E-state index in [2.05, 4.69) is 26.1 Å². The van der Waals surface area contributed by atoms with E-state index in [9.17, 15) is 9.50 Å². The number of halogens is 4. The molecule has 1 aliphatic heterocycles. The van der Waals surface area contributed by atoms with Gasteiger partial charge >= 0.3 is 0 Å². The molecule has 0 bridgehead atoms. The molecule has 110 valence electrons. The molecule has 3 nitrogen and oxygen atoms in total. The minimum atomic E-state index is -0.579. The monoisotopic (exact) mass is 374 g/mol. The van der Waals surface area contributed by atoms with Crippen LogP contribution in [0.1, 0.15) is 18.5 Å². The fourth-order valence-corrected chi connectivity index (χ4v) is 2.48. The summed E-state index contributed by atoms with van der Waals surface area (Å²) < 4.78 is 13.9. The van der Waals surface area contributed by atoms with Gasteiger partial charge in [0.1, 0.15) is 0 Å². The average Bonchev–Trinajstić information content (AvgIpc) is 2.36. The van der Waals surface area contributed by atoms with Crippen LogP contribution in [-0.4, -0.2) is 36.2 Å². The molecule has 0 spiro atoms. The van der Waals surface area contributed by atoms with Crippen molar-refractivity contribution >= 4 is 40.7 Å². The van der Waals surface area contributed by atoms with Gasteiger partial charge in [-0.1, -0.05) is 6.07 Å². The van der Waals surface area contributed by atoms with E-state index in [-0.39, 0.29) is 36.6 Å². The van der Waals surface area contributed by atoms with E-state index in [0.717, 1.165) is 26.2 Å². The number of aromatic hydroxyl groups is 1. The Hall–Kier alpha value is -0.0700. The van der Waals surface area contributed by atoms with E-state index in [1.165, 1.54) is 0 Å². The third kappa shape index (κ3) is 4.20. The normalized spacial score (nSPS) is 17.2. The van der Waals surface area contributed by atoms with Crippen molar-refractivity contribution in [2.45, 2.75) is 13.0 Å². The molecule has 1 heterocycles. The quantitative estimate of drug-likeness (QED) is 0.833. The minimum absolute atomic E-state index is 0. The van der Waals surface area contributed by atoms with Crippen LogP contribution >= 0.6 is 40.7 Å². The fraction of sp³-hybridized carbons (Fsp3) is 0.500. The number of hydrogen-bond acceptors (Lipinski definition) is 3. The van der Waals surface area contributed by atoms with Crippen molar-refractivity contribution in [2.24, 2.45) is 0 Å². The Morgan fingerprint density at radius 3 is 2.47 bits per heavy atom. The zero-order valence-electron chi connectivity index (χ0n) is 10.5. The lowest BCUT2D eigenvalue weighted by Gasteiger charge is -2.33. The van der Waals surface area contributed by atoms with Gasteiger partial charge < -0.3 is 10.4 Å². The molecular formula is C12H18BrCl2FN2O. The van der Waals surface area contributed by atoms with Gasteiger partial charge in [0.05, 0.1) is 4.47 Å². The van der Waals surface area contributed by atoms with Crippen LogP contribution in [0.4, 0.5) is 4.39 Å². The van der Waals surface area contributed by atoms with Gasteiger partial charge in [-0.25, -0.2) is 4.39 Å². The first-order valence-corrected chi connectivity index (χ1v) is 6.52. The van der Waals surface area contributed by atoms with Crippen LogP contribution < -0.4 is 5.32 Å². The third-order valence-corrected chi connectivity index (χ3v) is 3.86. The van der Waals surface area contributed by atoms with Gasteiger partial charge in [-0.2, -0.15) is 0 Å². The maximum absolute atomic E-state index is 13.6. The molecule has 1 saturated heterocycles. The fourth-order valence-electron chi connectivity index (χ4n) is 2.16. The lowest BCUT2D eigenvalue weighted by Crippen LogP contribution is -2.44. The Bertz CT molecular complexity index is 417. The van der Waals surface area contributed by atoms with Gasteiger partial charge in [0.2, 0.25) is 0 Å². The van der Waals surface area contributed by atoms with E-state index in [0.29, 0.717) is 10.0 Å². The van der Waals surface area contributed by atoms with Crippen molar-refractivity contribution in [3.8, 4) is 5.75 Å². The molecule has 1 fully saturated rings. The summed E-state index contributed by atoms with van der Waals surface area (Å²) in [6.07, 6.45) is 0. The second kappa shape index (κ2) is 8.27. The van der Waals surface area contributed by atoms with Crippen LogP contribution in [0, 0.1) is 5.82 Å². The number of rotatable bonds is 2. The molecule has 2 rings (SSSR count). The first kappa shape index (κ1) is 18.9. The molecule has 19 heavy (non-hydrogen) atoms. The number of nitrogens with zero attached hydrogens (tertiary/aromatic N) is 1. The second-order valence-electron chi connectivity index (χ2n) is 4.26. The first-order valence-electron chi connectivity index (χ1n) is 5.73. The van der Waals surface area contributed by atoms with Crippen molar-refractivity contribution in [1.82, 2.24) is 10.2 Å². The lowest BCUT2D eigenvalue weighted by atomic mass is 10.0. The number of phenols is 1. The van der Waals surface area contributed by atoms with E-state index in [1.54, 1.807) is 12.1 Å². The Labute approximate surface area is 133 Å². The number of hydrogen-bond donors (Lipinski definition) is 2. The standard InChI is InChI=1S/C12H16BrFN2O.2ClH/c1-8(16-6-4-15-5-7-16)9-2-3-10(13)11(14)12(9)17;;/h2-3,8,15,17H,4-7H2,1H3;2*1H/t8-;;/m1../s1. The van der Waals surface area contributed by atoms with Crippen molar-refractivity contribution in [3.05, 3.63) is 28.0 Å². The summed E-state index contributed by atoms with van der Waals surface area (Å²) in [6, 6.07) is 3.44. The molecule has 0 saturated carbocycles. The van der Waals surface area contributed by atoms with Gasteiger partial charge in [0, 0.05) is 37.8 Å². The first-order chi connectivity index (χ1) is 8.11. The summed E-state index contributed by atoms with van der Waals surface area (Å²) in [6.45, 7) is 5.69. The minimum Gasteiger partial charge on any atom is -0.505 e. The molecule has 0 amide bonds. The zero-order chi connectivity index (χ0) is 12.4. The molecule has 0 aliphatic carbocycles. The highest BCUT2D eigenvalue weighted by Crippen LogP contribution is 2.34. The highest BCUT2D eigenvalue weighted by molar-refractivity contribution is 9.10. The summed E-state index contributed by atoms with van der Waals surface area (Å²) in [5, 5.41) is 13.1. The predicted molar refractivity (Wildman–Crippen MR) is 83.1 cm³/mol. The Balaban J connectivity index is 0.00000162. The summed E-state index contributed by atoms with van der Waals surface area (Å²) in [5.74, 6) is -0.824.